The Hall–Kier alpha value is -2.94. The highest BCUT2D eigenvalue weighted by molar-refractivity contribution is 7.92. The third-order valence-electron chi connectivity index (χ3n) is 4.95. The Balaban J connectivity index is 1.63. The lowest BCUT2D eigenvalue weighted by atomic mass is 10.0. The van der Waals surface area contributed by atoms with E-state index in [0.717, 1.165) is 24.3 Å². The molecule has 2 atom stereocenters. The Morgan fingerprint density at radius 3 is 2.39 bits per heavy atom. The number of carbonyl (C=O) groups excluding carboxylic acids is 1. The summed E-state index contributed by atoms with van der Waals surface area (Å²) in [5, 5.41) is 6.87. The van der Waals surface area contributed by atoms with Gasteiger partial charge in [0.2, 0.25) is 0 Å². The van der Waals surface area contributed by atoms with Gasteiger partial charge in [-0.05, 0) is 24.3 Å². The summed E-state index contributed by atoms with van der Waals surface area (Å²) in [5.74, 6) is -1.36. The number of sulfone groups is 2. The molecule has 2 aliphatic heterocycles. The van der Waals surface area contributed by atoms with Crippen LogP contribution in [0, 0.1) is 0 Å². The average Bonchev–Trinajstić information content (AvgIpc) is 3.18. The lowest BCUT2D eigenvalue weighted by Crippen LogP contribution is -2.28. The number of nitrogens with zero attached hydrogens (tertiary/aromatic N) is 3. The molecule has 166 valence electrons. The van der Waals surface area contributed by atoms with Crippen molar-refractivity contribution in [2.45, 2.75) is 22.0 Å². The number of benzene rings is 1. The first kappa shape index (κ1) is 21.3. The second-order valence-corrected chi connectivity index (χ2v) is 11.2. The first-order valence-electron chi connectivity index (χ1n) is 8.58. The Bertz CT molecular complexity index is 1310. The topological polar surface area (TPSA) is 154 Å². The molecule has 2 aliphatic rings. The predicted octanol–water partition coefficient (Wildman–Crippen LogP) is 0.812. The van der Waals surface area contributed by atoms with Crippen molar-refractivity contribution in [3.63, 3.8) is 0 Å². The number of anilines is 2. The molecule has 3 heterocycles. The normalized spacial score (nSPS) is 24.4. The number of rotatable bonds is 5. The van der Waals surface area contributed by atoms with Crippen LogP contribution in [-0.4, -0.2) is 61.3 Å². The number of nitrogens with two attached hydrogens (primary N) is 1. The van der Waals surface area contributed by atoms with Gasteiger partial charge in [-0.1, -0.05) is 0 Å². The monoisotopic (exact) mass is 477 g/mol. The SMILES string of the molecule is NC(=O)c1cn(C2CS(=O)(=O)C[C@]23C=N3)nc1Nc1ccc(S(=O)(=O)C(F)(F)F)cc1. The summed E-state index contributed by atoms with van der Waals surface area (Å²) in [6.45, 7) is 0. The molecule has 1 saturated heterocycles. The van der Waals surface area contributed by atoms with E-state index in [9.17, 15) is 34.8 Å². The summed E-state index contributed by atoms with van der Waals surface area (Å²) >= 11 is 0. The zero-order valence-corrected chi connectivity index (χ0v) is 17.0. The Morgan fingerprint density at radius 1 is 1.26 bits per heavy atom. The molecule has 1 amide bonds. The van der Waals surface area contributed by atoms with Gasteiger partial charge >= 0.3 is 5.51 Å². The zero-order valence-electron chi connectivity index (χ0n) is 15.4. The Labute approximate surface area is 173 Å². The molecular formula is C16H14F3N5O5S2. The van der Waals surface area contributed by atoms with Gasteiger partial charge in [-0.3, -0.25) is 14.5 Å². The molecule has 1 unspecified atom stereocenters. The molecule has 1 aromatic carbocycles. The van der Waals surface area contributed by atoms with Crippen molar-refractivity contribution in [2.75, 3.05) is 16.8 Å². The van der Waals surface area contributed by atoms with Crippen molar-refractivity contribution in [1.82, 2.24) is 9.78 Å². The molecule has 1 aromatic heterocycles. The van der Waals surface area contributed by atoms with E-state index in [1.807, 2.05) is 0 Å². The maximum atomic E-state index is 12.7. The number of amides is 1. The third-order valence-corrected chi connectivity index (χ3v) is 8.18. The van der Waals surface area contributed by atoms with Gasteiger partial charge < -0.3 is 11.1 Å². The minimum Gasteiger partial charge on any atom is -0.365 e. The first-order chi connectivity index (χ1) is 14.2. The van der Waals surface area contributed by atoms with E-state index in [1.54, 1.807) is 0 Å². The van der Waals surface area contributed by atoms with Crippen LogP contribution in [0.15, 0.2) is 40.4 Å². The fraction of sp³-hybridized carbons (Fsp3) is 0.312. The van der Waals surface area contributed by atoms with Crippen LogP contribution < -0.4 is 11.1 Å². The highest BCUT2D eigenvalue weighted by Crippen LogP contribution is 2.42. The van der Waals surface area contributed by atoms with Crippen molar-refractivity contribution in [3.8, 4) is 0 Å². The second-order valence-electron chi connectivity index (χ2n) is 7.15. The van der Waals surface area contributed by atoms with Crippen molar-refractivity contribution in [1.29, 1.82) is 0 Å². The van der Waals surface area contributed by atoms with E-state index < -0.39 is 47.6 Å². The van der Waals surface area contributed by atoms with Crippen LogP contribution in [0.5, 0.6) is 0 Å². The number of aromatic nitrogens is 2. The van der Waals surface area contributed by atoms with E-state index in [-0.39, 0.29) is 28.6 Å². The number of halogens is 3. The number of nitrogens with one attached hydrogen (secondary N) is 1. The van der Waals surface area contributed by atoms with Gasteiger partial charge in [0.05, 0.1) is 22.4 Å². The minimum atomic E-state index is -5.50. The van der Waals surface area contributed by atoms with Gasteiger partial charge in [-0.15, -0.1) is 0 Å². The smallest absolute Gasteiger partial charge is 0.365 e. The summed E-state index contributed by atoms with van der Waals surface area (Å²) < 4.78 is 86.2. The number of alkyl halides is 3. The highest BCUT2D eigenvalue weighted by atomic mass is 32.2. The fourth-order valence-corrected chi connectivity index (χ4v) is 6.19. The summed E-state index contributed by atoms with van der Waals surface area (Å²) in [7, 11) is -8.88. The van der Waals surface area contributed by atoms with Crippen LogP contribution in [-0.2, 0) is 19.7 Å². The summed E-state index contributed by atoms with van der Waals surface area (Å²) in [6, 6.07) is 2.96. The van der Waals surface area contributed by atoms with Gasteiger partial charge in [0.15, 0.2) is 15.7 Å². The molecule has 4 rings (SSSR count). The first-order valence-corrected chi connectivity index (χ1v) is 11.9. The number of carbonyl (C=O) groups is 1. The number of aliphatic imine (C=N–C) groups is 1. The maximum Gasteiger partial charge on any atom is 0.501 e. The molecule has 0 radical (unpaired) electrons. The summed E-state index contributed by atoms with van der Waals surface area (Å²) in [4.78, 5) is 14.9. The summed E-state index contributed by atoms with van der Waals surface area (Å²) in [5.41, 5.74) is -0.955. The molecule has 3 N–H and O–H groups in total. The fourth-order valence-electron chi connectivity index (χ4n) is 3.34. The van der Waals surface area contributed by atoms with Gasteiger partial charge in [-0.2, -0.15) is 18.3 Å². The third kappa shape index (κ3) is 3.67. The molecule has 1 spiro atoms. The molecule has 15 heteroatoms. The average molecular weight is 477 g/mol. The molecule has 0 saturated carbocycles. The molecule has 31 heavy (non-hydrogen) atoms. The van der Waals surface area contributed by atoms with E-state index >= 15 is 0 Å². The lowest BCUT2D eigenvalue weighted by Gasteiger charge is -2.15. The Kier molecular flexibility index (Phi) is 4.48. The number of primary amides is 1. The predicted molar refractivity (Wildman–Crippen MR) is 103 cm³/mol. The molecular weight excluding hydrogens is 463 g/mol. The highest BCUT2D eigenvalue weighted by Gasteiger charge is 2.57. The van der Waals surface area contributed by atoms with Crippen molar-refractivity contribution in [3.05, 3.63) is 36.0 Å². The quantitative estimate of drug-likeness (QED) is 0.646. The minimum absolute atomic E-state index is 0.0703. The number of hydrogen-bond donors (Lipinski definition) is 2. The van der Waals surface area contributed by atoms with E-state index in [4.69, 9.17) is 5.73 Å². The van der Waals surface area contributed by atoms with Crippen LogP contribution in [0.2, 0.25) is 0 Å². The van der Waals surface area contributed by atoms with Crippen LogP contribution in [0.4, 0.5) is 24.7 Å². The zero-order chi connectivity index (χ0) is 22.8. The van der Waals surface area contributed by atoms with Crippen molar-refractivity contribution < 1.29 is 34.8 Å². The second kappa shape index (κ2) is 6.53. The Morgan fingerprint density at radius 2 is 1.87 bits per heavy atom. The van der Waals surface area contributed by atoms with Gasteiger partial charge in [0.25, 0.3) is 15.7 Å². The standard InChI is InChI=1S/C16H14F3N5O5S2/c17-16(18,19)31(28,29)10-3-1-9(2-4-10)22-14-11(13(20)25)5-24(23-14)12-6-30(26,27)8-15(12)7-21-15/h1-5,7,12H,6,8H2,(H2,20,25)(H,22,23)/t12?,15-/m1/s1. The largest absolute Gasteiger partial charge is 0.501 e. The molecule has 1 fully saturated rings. The summed E-state index contributed by atoms with van der Waals surface area (Å²) in [6.07, 6.45) is 2.77. The van der Waals surface area contributed by atoms with Crippen LogP contribution in [0.25, 0.3) is 0 Å². The van der Waals surface area contributed by atoms with Gasteiger partial charge in [0, 0.05) is 18.1 Å². The van der Waals surface area contributed by atoms with Gasteiger partial charge in [-0.25, -0.2) is 16.8 Å². The van der Waals surface area contributed by atoms with Crippen molar-refractivity contribution in [2.24, 2.45) is 10.7 Å². The van der Waals surface area contributed by atoms with E-state index in [0.29, 0.717) is 0 Å². The number of hydrogen-bond acceptors (Lipinski definition) is 8. The lowest BCUT2D eigenvalue weighted by molar-refractivity contribution is -0.0436. The molecule has 0 aliphatic carbocycles. The van der Waals surface area contributed by atoms with Crippen LogP contribution in [0.3, 0.4) is 0 Å². The molecule has 2 aromatic rings. The van der Waals surface area contributed by atoms with Crippen LogP contribution in [0.1, 0.15) is 16.4 Å². The van der Waals surface area contributed by atoms with Crippen molar-refractivity contribution >= 4 is 43.3 Å². The maximum absolute atomic E-state index is 12.7. The van der Waals surface area contributed by atoms with Crippen LogP contribution >= 0.6 is 0 Å². The van der Waals surface area contributed by atoms with E-state index in [2.05, 4.69) is 15.4 Å². The molecule has 0 bridgehead atoms. The van der Waals surface area contributed by atoms with Gasteiger partial charge in [0.1, 0.15) is 11.1 Å². The van der Waals surface area contributed by atoms with E-state index in [1.165, 1.54) is 17.1 Å². The molecule has 10 nitrogen and oxygen atoms in total.